The van der Waals surface area contributed by atoms with Gasteiger partial charge in [-0.05, 0) is 37.6 Å². The zero-order valence-electron chi connectivity index (χ0n) is 11.4. The molecule has 2 atom stereocenters. The van der Waals surface area contributed by atoms with E-state index >= 15 is 0 Å². The summed E-state index contributed by atoms with van der Waals surface area (Å²) in [6.07, 6.45) is -0.995. The van der Waals surface area contributed by atoms with Gasteiger partial charge in [-0.2, -0.15) is 13.2 Å². The van der Waals surface area contributed by atoms with E-state index in [2.05, 4.69) is 19.2 Å². The molecule has 1 N–H and O–H groups in total. The van der Waals surface area contributed by atoms with Crippen LogP contribution in [0, 0.1) is 5.41 Å². The van der Waals surface area contributed by atoms with E-state index in [-0.39, 0.29) is 17.6 Å². The fourth-order valence-electron chi connectivity index (χ4n) is 2.46. The highest BCUT2D eigenvalue weighted by molar-refractivity contribution is 4.90. The second kappa shape index (κ2) is 6.24. The van der Waals surface area contributed by atoms with Crippen molar-refractivity contribution in [3.8, 4) is 0 Å². The van der Waals surface area contributed by atoms with E-state index in [4.69, 9.17) is 4.74 Å². The van der Waals surface area contributed by atoms with Gasteiger partial charge in [0.15, 0.2) is 0 Å². The first kappa shape index (κ1) is 15.8. The van der Waals surface area contributed by atoms with Crippen LogP contribution in [0.4, 0.5) is 13.2 Å². The smallest absolute Gasteiger partial charge is 0.367 e. The normalized spacial score (nSPS) is 28.3. The van der Waals surface area contributed by atoms with Crippen molar-refractivity contribution in [3.05, 3.63) is 0 Å². The first-order valence-corrected chi connectivity index (χ1v) is 6.65. The molecule has 0 bridgehead atoms. The second-order valence-corrected chi connectivity index (χ2v) is 5.93. The lowest BCUT2D eigenvalue weighted by Crippen LogP contribution is -2.48. The van der Waals surface area contributed by atoms with Crippen LogP contribution in [0.3, 0.4) is 0 Å². The summed E-state index contributed by atoms with van der Waals surface area (Å²) in [5, 5.41) is 3.30. The van der Waals surface area contributed by atoms with Gasteiger partial charge >= 0.3 is 6.18 Å². The van der Waals surface area contributed by atoms with E-state index in [1.54, 1.807) is 0 Å². The second-order valence-electron chi connectivity index (χ2n) is 5.93. The topological polar surface area (TPSA) is 21.3 Å². The summed E-state index contributed by atoms with van der Waals surface area (Å²) in [5.74, 6) is 0. The fraction of sp³-hybridized carbons (Fsp3) is 1.00. The van der Waals surface area contributed by atoms with Crippen molar-refractivity contribution in [3.63, 3.8) is 0 Å². The standard InChI is InChI=1S/C13H24F3NO/c1-4-7-17-10-5-6-12(2,3)8-11(10)18-9-13(14,15)16/h10-11,17H,4-9H2,1-3H3. The Morgan fingerprint density at radius 1 is 1.33 bits per heavy atom. The van der Waals surface area contributed by atoms with Gasteiger partial charge in [0.25, 0.3) is 0 Å². The number of hydrogen-bond donors (Lipinski definition) is 1. The van der Waals surface area contributed by atoms with Gasteiger partial charge in [-0.15, -0.1) is 0 Å². The summed E-state index contributed by atoms with van der Waals surface area (Å²) in [6.45, 7) is 5.92. The van der Waals surface area contributed by atoms with Crippen molar-refractivity contribution >= 4 is 0 Å². The van der Waals surface area contributed by atoms with Crippen LogP contribution in [-0.4, -0.2) is 31.5 Å². The molecule has 0 aromatic heterocycles. The van der Waals surface area contributed by atoms with Crippen molar-refractivity contribution in [1.82, 2.24) is 5.32 Å². The Balaban J connectivity index is 2.54. The third kappa shape index (κ3) is 5.57. The van der Waals surface area contributed by atoms with E-state index in [1.165, 1.54) is 0 Å². The van der Waals surface area contributed by atoms with Crippen LogP contribution in [0.2, 0.25) is 0 Å². The molecule has 1 aliphatic rings. The molecular formula is C13H24F3NO. The molecule has 5 heteroatoms. The highest BCUT2D eigenvalue weighted by Crippen LogP contribution is 2.37. The summed E-state index contributed by atoms with van der Waals surface area (Å²) in [7, 11) is 0. The maximum atomic E-state index is 12.2. The molecule has 108 valence electrons. The lowest BCUT2D eigenvalue weighted by molar-refractivity contribution is -0.194. The number of ether oxygens (including phenoxy) is 1. The first-order valence-electron chi connectivity index (χ1n) is 6.65. The maximum Gasteiger partial charge on any atom is 0.411 e. The van der Waals surface area contributed by atoms with Crippen molar-refractivity contribution in [2.45, 2.75) is 64.8 Å². The summed E-state index contributed by atoms with van der Waals surface area (Å²) in [6, 6.07) is 0.0559. The number of hydrogen-bond acceptors (Lipinski definition) is 2. The number of nitrogens with one attached hydrogen (secondary N) is 1. The molecule has 1 saturated carbocycles. The highest BCUT2D eigenvalue weighted by atomic mass is 19.4. The van der Waals surface area contributed by atoms with E-state index in [9.17, 15) is 13.2 Å². The molecule has 0 spiro atoms. The van der Waals surface area contributed by atoms with E-state index in [1.807, 2.05) is 6.92 Å². The molecule has 1 rings (SSSR count). The fourth-order valence-corrected chi connectivity index (χ4v) is 2.46. The van der Waals surface area contributed by atoms with Gasteiger partial charge in [0, 0.05) is 6.04 Å². The van der Waals surface area contributed by atoms with Crippen LogP contribution in [0.25, 0.3) is 0 Å². The maximum absolute atomic E-state index is 12.2. The Hall–Kier alpha value is -0.290. The third-order valence-electron chi connectivity index (χ3n) is 3.45. The lowest BCUT2D eigenvalue weighted by Gasteiger charge is -2.41. The Morgan fingerprint density at radius 2 is 2.00 bits per heavy atom. The van der Waals surface area contributed by atoms with Gasteiger partial charge in [0.1, 0.15) is 6.61 Å². The number of rotatable bonds is 5. The van der Waals surface area contributed by atoms with E-state index < -0.39 is 12.8 Å². The van der Waals surface area contributed by atoms with Gasteiger partial charge in [0.05, 0.1) is 6.10 Å². The molecule has 0 saturated heterocycles. The van der Waals surface area contributed by atoms with Crippen molar-refractivity contribution in [2.24, 2.45) is 5.41 Å². The molecular weight excluding hydrogens is 243 g/mol. The minimum atomic E-state index is -4.24. The molecule has 1 aliphatic carbocycles. The predicted octanol–water partition coefficient (Wildman–Crippen LogP) is 3.51. The summed E-state index contributed by atoms with van der Waals surface area (Å²) < 4.78 is 41.8. The number of halogens is 3. The lowest BCUT2D eigenvalue weighted by atomic mass is 9.74. The van der Waals surface area contributed by atoms with Crippen LogP contribution < -0.4 is 5.32 Å². The Kier molecular flexibility index (Phi) is 5.46. The van der Waals surface area contributed by atoms with Crippen LogP contribution in [0.5, 0.6) is 0 Å². The molecule has 0 radical (unpaired) electrons. The molecule has 2 nitrogen and oxygen atoms in total. The Bertz CT molecular complexity index is 253. The molecule has 0 aromatic carbocycles. The largest absolute Gasteiger partial charge is 0.411 e. The molecule has 0 amide bonds. The van der Waals surface area contributed by atoms with Crippen LogP contribution >= 0.6 is 0 Å². The SMILES string of the molecule is CCCNC1CCC(C)(C)CC1OCC(F)(F)F. The zero-order valence-corrected chi connectivity index (χ0v) is 11.4. The van der Waals surface area contributed by atoms with Gasteiger partial charge in [-0.25, -0.2) is 0 Å². The Morgan fingerprint density at radius 3 is 2.56 bits per heavy atom. The summed E-state index contributed by atoms with van der Waals surface area (Å²) >= 11 is 0. The highest BCUT2D eigenvalue weighted by Gasteiger charge is 2.38. The van der Waals surface area contributed by atoms with Crippen LogP contribution in [-0.2, 0) is 4.74 Å². The molecule has 18 heavy (non-hydrogen) atoms. The monoisotopic (exact) mass is 267 g/mol. The van der Waals surface area contributed by atoms with Crippen molar-refractivity contribution in [1.29, 1.82) is 0 Å². The van der Waals surface area contributed by atoms with Gasteiger partial charge in [-0.3, -0.25) is 0 Å². The minimum Gasteiger partial charge on any atom is -0.367 e. The van der Waals surface area contributed by atoms with Crippen molar-refractivity contribution in [2.75, 3.05) is 13.2 Å². The molecule has 2 unspecified atom stereocenters. The quantitative estimate of drug-likeness (QED) is 0.823. The zero-order chi connectivity index (χ0) is 13.8. The van der Waals surface area contributed by atoms with E-state index in [0.29, 0.717) is 6.42 Å². The third-order valence-corrected chi connectivity index (χ3v) is 3.45. The average molecular weight is 267 g/mol. The molecule has 0 aromatic rings. The first-order chi connectivity index (χ1) is 8.23. The predicted molar refractivity (Wildman–Crippen MR) is 65.5 cm³/mol. The van der Waals surface area contributed by atoms with Crippen LogP contribution in [0.1, 0.15) is 46.5 Å². The van der Waals surface area contributed by atoms with E-state index in [0.717, 1.165) is 25.8 Å². The molecule has 0 heterocycles. The minimum absolute atomic E-state index is 0.0559. The Labute approximate surface area is 107 Å². The molecule has 0 aliphatic heterocycles. The average Bonchev–Trinajstić information content (AvgIpc) is 2.23. The van der Waals surface area contributed by atoms with Gasteiger partial charge < -0.3 is 10.1 Å². The summed E-state index contributed by atoms with van der Waals surface area (Å²) in [4.78, 5) is 0. The van der Waals surface area contributed by atoms with Gasteiger partial charge in [0.2, 0.25) is 0 Å². The summed E-state index contributed by atoms with van der Waals surface area (Å²) in [5.41, 5.74) is 0.0701. The molecule has 1 fully saturated rings. The van der Waals surface area contributed by atoms with Gasteiger partial charge in [-0.1, -0.05) is 20.8 Å². The number of alkyl halides is 3. The van der Waals surface area contributed by atoms with Crippen molar-refractivity contribution < 1.29 is 17.9 Å². The van der Waals surface area contributed by atoms with Crippen LogP contribution in [0.15, 0.2) is 0 Å².